The number of nitrogens with one attached hydrogen (secondary N) is 1. The molecule has 0 fully saturated rings. The average Bonchev–Trinajstić information content (AvgIpc) is 2.70. The summed E-state index contributed by atoms with van der Waals surface area (Å²) >= 11 is 1.81. The van der Waals surface area contributed by atoms with E-state index in [1.54, 1.807) is 0 Å². The predicted molar refractivity (Wildman–Crippen MR) is 74.5 cm³/mol. The van der Waals surface area contributed by atoms with Crippen molar-refractivity contribution in [3.8, 4) is 0 Å². The van der Waals surface area contributed by atoms with Crippen LogP contribution in [0.25, 0.3) is 0 Å². The monoisotopic (exact) mass is 247 g/mol. The summed E-state index contributed by atoms with van der Waals surface area (Å²) in [5.41, 5.74) is 7.34. The maximum absolute atomic E-state index is 5.75. The molecule has 0 amide bonds. The van der Waals surface area contributed by atoms with Gasteiger partial charge in [-0.3, -0.25) is 0 Å². The third-order valence-electron chi connectivity index (χ3n) is 2.68. The number of pyridine rings is 1. The summed E-state index contributed by atoms with van der Waals surface area (Å²) in [5, 5.41) is 3.38. The Hall–Kier alpha value is -1.55. The van der Waals surface area contributed by atoms with Crippen molar-refractivity contribution < 1.29 is 0 Å². The van der Waals surface area contributed by atoms with Crippen LogP contribution in [0.15, 0.2) is 24.3 Å². The van der Waals surface area contributed by atoms with E-state index in [1.165, 1.54) is 9.75 Å². The van der Waals surface area contributed by atoms with Crippen LogP contribution in [0.1, 0.15) is 28.4 Å². The van der Waals surface area contributed by atoms with Gasteiger partial charge in [0.25, 0.3) is 0 Å². The molecule has 0 aliphatic rings. The molecule has 3 nitrogen and oxygen atoms in total. The van der Waals surface area contributed by atoms with Gasteiger partial charge in [-0.1, -0.05) is 0 Å². The van der Waals surface area contributed by atoms with Gasteiger partial charge in [0.05, 0.1) is 17.4 Å². The first kappa shape index (κ1) is 11.9. The van der Waals surface area contributed by atoms with Crippen molar-refractivity contribution in [2.75, 3.05) is 11.1 Å². The Morgan fingerprint density at radius 3 is 2.59 bits per heavy atom. The second kappa shape index (κ2) is 4.75. The number of hydrogen-bond acceptors (Lipinski definition) is 4. The second-order valence-electron chi connectivity index (χ2n) is 4.19. The molecule has 0 aliphatic carbocycles. The van der Waals surface area contributed by atoms with Crippen molar-refractivity contribution in [1.82, 2.24) is 4.98 Å². The van der Waals surface area contributed by atoms with Crippen molar-refractivity contribution in [2.45, 2.75) is 26.8 Å². The van der Waals surface area contributed by atoms with Crippen molar-refractivity contribution >= 4 is 22.8 Å². The zero-order chi connectivity index (χ0) is 12.4. The molecule has 0 spiro atoms. The summed E-state index contributed by atoms with van der Waals surface area (Å²) in [6, 6.07) is 8.36. The summed E-state index contributed by atoms with van der Waals surface area (Å²) < 4.78 is 0. The first-order valence-corrected chi connectivity index (χ1v) is 6.44. The van der Waals surface area contributed by atoms with E-state index in [9.17, 15) is 0 Å². The van der Waals surface area contributed by atoms with E-state index in [-0.39, 0.29) is 6.04 Å². The van der Waals surface area contributed by atoms with Crippen molar-refractivity contribution in [2.24, 2.45) is 0 Å². The van der Waals surface area contributed by atoms with Gasteiger partial charge < -0.3 is 11.1 Å². The van der Waals surface area contributed by atoms with Crippen LogP contribution in [0.4, 0.5) is 11.5 Å². The third-order valence-corrected chi connectivity index (χ3v) is 3.86. The number of anilines is 2. The molecule has 17 heavy (non-hydrogen) atoms. The number of nitrogens with zero attached hydrogens (tertiary/aromatic N) is 1. The lowest BCUT2D eigenvalue weighted by Crippen LogP contribution is -2.07. The highest BCUT2D eigenvalue weighted by molar-refractivity contribution is 7.12. The minimum atomic E-state index is 0.268. The molecule has 3 N–H and O–H groups in total. The number of aromatic nitrogens is 1. The SMILES string of the molecule is Cc1ccc(C(C)Nc2ccc(N)c(C)n2)s1. The van der Waals surface area contributed by atoms with Crippen LogP contribution in [0, 0.1) is 13.8 Å². The fraction of sp³-hybridized carbons (Fsp3) is 0.308. The molecule has 0 bridgehead atoms. The Kier molecular flexibility index (Phi) is 3.33. The van der Waals surface area contributed by atoms with Crippen LogP contribution < -0.4 is 11.1 Å². The molecule has 2 rings (SSSR count). The van der Waals surface area contributed by atoms with Gasteiger partial charge in [-0.15, -0.1) is 11.3 Å². The molecule has 0 aliphatic heterocycles. The molecule has 0 radical (unpaired) electrons. The van der Waals surface area contributed by atoms with Crippen molar-refractivity contribution in [1.29, 1.82) is 0 Å². The molecule has 2 heterocycles. The lowest BCUT2D eigenvalue weighted by molar-refractivity contribution is 0.894. The Bertz CT molecular complexity index is 519. The molecule has 0 aromatic carbocycles. The largest absolute Gasteiger partial charge is 0.397 e. The van der Waals surface area contributed by atoms with Crippen LogP contribution in [0.2, 0.25) is 0 Å². The van der Waals surface area contributed by atoms with Gasteiger partial charge in [0, 0.05) is 9.75 Å². The maximum atomic E-state index is 5.75. The summed E-state index contributed by atoms with van der Waals surface area (Å²) in [7, 11) is 0. The molecule has 2 aromatic heterocycles. The minimum absolute atomic E-state index is 0.268. The van der Waals surface area contributed by atoms with Crippen LogP contribution in [0.5, 0.6) is 0 Å². The quantitative estimate of drug-likeness (QED) is 0.872. The lowest BCUT2D eigenvalue weighted by Gasteiger charge is -2.13. The molecule has 4 heteroatoms. The standard InChI is InChI=1S/C13H17N3S/c1-8-4-6-12(17-8)10(3)16-13-7-5-11(14)9(2)15-13/h4-7,10H,14H2,1-3H3,(H,15,16). The predicted octanol–water partition coefficient (Wildman–Crippen LogP) is 3.52. The van der Waals surface area contributed by atoms with Gasteiger partial charge in [0.1, 0.15) is 5.82 Å². The van der Waals surface area contributed by atoms with Crippen LogP contribution in [-0.2, 0) is 0 Å². The zero-order valence-electron chi connectivity index (χ0n) is 10.3. The second-order valence-corrected chi connectivity index (χ2v) is 5.51. The van der Waals surface area contributed by atoms with E-state index in [2.05, 4.69) is 36.3 Å². The summed E-state index contributed by atoms with van der Waals surface area (Å²) in [5.74, 6) is 0.871. The van der Waals surface area contributed by atoms with Crippen molar-refractivity contribution in [3.63, 3.8) is 0 Å². The topological polar surface area (TPSA) is 50.9 Å². The van der Waals surface area contributed by atoms with Gasteiger partial charge >= 0.3 is 0 Å². The third kappa shape index (κ3) is 2.77. The smallest absolute Gasteiger partial charge is 0.126 e. The Labute approximate surface area is 106 Å². The fourth-order valence-electron chi connectivity index (χ4n) is 1.63. The number of nitrogen functional groups attached to an aromatic ring is 1. The maximum Gasteiger partial charge on any atom is 0.126 e. The number of rotatable bonds is 3. The average molecular weight is 247 g/mol. The van der Waals surface area contributed by atoms with E-state index in [0.717, 1.165) is 17.2 Å². The summed E-state index contributed by atoms with van der Waals surface area (Å²) in [6.45, 7) is 6.17. The molecule has 0 saturated carbocycles. The highest BCUT2D eigenvalue weighted by atomic mass is 32.1. The number of thiophene rings is 1. The van der Waals surface area contributed by atoms with E-state index in [1.807, 2.05) is 30.4 Å². The molecule has 1 unspecified atom stereocenters. The number of aryl methyl sites for hydroxylation is 2. The molecular weight excluding hydrogens is 230 g/mol. The van der Waals surface area contributed by atoms with E-state index >= 15 is 0 Å². The van der Waals surface area contributed by atoms with E-state index in [0.29, 0.717) is 0 Å². The summed E-state index contributed by atoms with van der Waals surface area (Å²) in [6.07, 6.45) is 0. The molecule has 90 valence electrons. The van der Waals surface area contributed by atoms with Gasteiger partial charge in [-0.25, -0.2) is 4.98 Å². The van der Waals surface area contributed by atoms with Crippen LogP contribution in [-0.4, -0.2) is 4.98 Å². The fourth-order valence-corrected chi connectivity index (χ4v) is 2.51. The van der Waals surface area contributed by atoms with Gasteiger partial charge in [0.15, 0.2) is 0 Å². The van der Waals surface area contributed by atoms with E-state index < -0.39 is 0 Å². The number of hydrogen-bond donors (Lipinski definition) is 2. The van der Waals surface area contributed by atoms with Crippen LogP contribution >= 0.6 is 11.3 Å². The number of nitrogens with two attached hydrogens (primary N) is 1. The lowest BCUT2D eigenvalue weighted by atomic mass is 10.2. The molecule has 0 saturated heterocycles. The Balaban J connectivity index is 2.12. The van der Waals surface area contributed by atoms with Gasteiger partial charge in [0.2, 0.25) is 0 Å². The zero-order valence-corrected chi connectivity index (χ0v) is 11.1. The van der Waals surface area contributed by atoms with Gasteiger partial charge in [-0.2, -0.15) is 0 Å². The minimum Gasteiger partial charge on any atom is -0.397 e. The Morgan fingerprint density at radius 2 is 2.00 bits per heavy atom. The molecule has 2 aromatic rings. The molecule has 1 atom stereocenters. The van der Waals surface area contributed by atoms with Gasteiger partial charge in [-0.05, 0) is 45.0 Å². The molecular formula is C13H17N3S. The highest BCUT2D eigenvalue weighted by Crippen LogP contribution is 2.25. The first-order valence-electron chi connectivity index (χ1n) is 5.62. The normalized spacial score (nSPS) is 12.4. The van der Waals surface area contributed by atoms with Crippen LogP contribution in [0.3, 0.4) is 0 Å². The van der Waals surface area contributed by atoms with Crippen molar-refractivity contribution in [3.05, 3.63) is 39.7 Å². The highest BCUT2D eigenvalue weighted by Gasteiger charge is 2.08. The first-order chi connectivity index (χ1) is 8.06. The Morgan fingerprint density at radius 1 is 1.24 bits per heavy atom. The van der Waals surface area contributed by atoms with E-state index in [4.69, 9.17) is 5.73 Å². The summed E-state index contributed by atoms with van der Waals surface area (Å²) in [4.78, 5) is 7.06.